The molecule has 0 aliphatic carbocycles. The molecule has 2 heteroatoms. The first-order valence-electron chi connectivity index (χ1n) is 13.0. The van der Waals surface area contributed by atoms with Crippen LogP contribution in [-0.2, 0) is 0 Å². The second-order valence-corrected chi connectivity index (χ2v) is 9.44. The summed E-state index contributed by atoms with van der Waals surface area (Å²) in [5.74, 6) is 0. The first-order valence-corrected chi connectivity index (χ1v) is 13.0. The van der Waals surface area contributed by atoms with Gasteiger partial charge in [0.2, 0.25) is 0 Å². The highest BCUT2D eigenvalue weighted by molar-refractivity contribution is 6.09. The first kappa shape index (κ1) is 22.1. The van der Waals surface area contributed by atoms with Gasteiger partial charge in [-0.05, 0) is 60.2 Å². The standard InChI is InChI=1S/C36H26N2/c1-4-14-27(15-5-1)33-26-30(37(28-16-6-2-7-17-28)29-18-8-3-9-19-29)24-25-36(33)38-34-22-12-10-20-31(34)32-21-11-13-23-35(32)38/h1-26H. The number of rotatable bonds is 5. The van der Waals surface area contributed by atoms with Crippen LogP contribution in [0.1, 0.15) is 0 Å². The molecule has 1 heterocycles. The fourth-order valence-corrected chi connectivity index (χ4v) is 5.49. The summed E-state index contributed by atoms with van der Waals surface area (Å²) in [6.45, 7) is 0. The molecule has 7 rings (SSSR count). The Kier molecular flexibility index (Phi) is 5.49. The molecule has 0 saturated carbocycles. The number of para-hydroxylation sites is 4. The van der Waals surface area contributed by atoms with E-state index in [2.05, 4.69) is 167 Å². The number of hydrogen-bond donors (Lipinski definition) is 0. The Hall–Kier alpha value is -5.08. The molecular weight excluding hydrogens is 460 g/mol. The van der Waals surface area contributed by atoms with Crippen molar-refractivity contribution in [3.8, 4) is 16.8 Å². The maximum Gasteiger partial charge on any atom is 0.0542 e. The van der Waals surface area contributed by atoms with Gasteiger partial charge in [-0.3, -0.25) is 0 Å². The summed E-state index contributed by atoms with van der Waals surface area (Å²) in [7, 11) is 0. The molecular formula is C36H26N2. The molecule has 0 atom stereocenters. The molecule has 0 aliphatic heterocycles. The van der Waals surface area contributed by atoms with Crippen LogP contribution in [0.4, 0.5) is 17.1 Å². The minimum Gasteiger partial charge on any atom is -0.310 e. The van der Waals surface area contributed by atoms with Crippen LogP contribution >= 0.6 is 0 Å². The maximum absolute atomic E-state index is 2.41. The Morgan fingerprint density at radius 2 is 0.868 bits per heavy atom. The van der Waals surface area contributed by atoms with Gasteiger partial charge in [0.25, 0.3) is 0 Å². The minimum atomic E-state index is 1.12. The fourth-order valence-electron chi connectivity index (χ4n) is 5.49. The van der Waals surface area contributed by atoms with Gasteiger partial charge in [-0.1, -0.05) is 103 Å². The quantitative estimate of drug-likeness (QED) is 0.235. The Balaban J connectivity index is 1.52. The molecule has 6 aromatic carbocycles. The average Bonchev–Trinajstić information content (AvgIpc) is 3.33. The highest BCUT2D eigenvalue weighted by Gasteiger charge is 2.18. The smallest absolute Gasteiger partial charge is 0.0542 e. The molecule has 0 unspecified atom stereocenters. The lowest BCUT2D eigenvalue weighted by Crippen LogP contribution is -2.10. The van der Waals surface area contributed by atoms with E-state index in [0.29, 0.717) is 0 Å². The number of hydrogen-bond acceptors (Lipinski definition) is 1. The van der Waals surface area contributed by atoms with Gasteiger partial charge in [0, 0.05) is 33.4 Å². The third-order valence-corrected chi connectivity index (χ3v) is 7.17. The fraction of sp³-hybridized carbons (Fsp3) is 0. The zero-order chi connectivity index (χ0) is 25.3. The Morgan fingerprint density at radius 3 is 1.42 bits per heavy atom. The van der Waals surface area contributed by atoms with Crippen molar-refractivity contribution >= 4 is 38.9 Å². The van der Waals surface area contributed by atoms with Crippen molar-refractivity contribution in [1.29, 1.82) is 0 Å². The summed E-state index contributed by atoms with van der Waals surface area (Å²) < 4.78 is 2.41. The van der Waals surface area contributed by atoms with Gasteiger partial charge in [0.05, 0.1) is 16.7 Å². The molecule has 0 saturated heterocycles. The lowest BCUT2D eigenvalue weighted by atomic mass is 10.0. The highest BCUT2D eigenvalue weighted by atomic mass is 15.1. The van der Waals surface area contributed by atoms with Gasteiger partial charge in [-0.2, -0.15) is 0 Å². The van der Waals surface area contributed by atoms with Crippen LogP contribution in [0.5, 0.6) is 0 Å². The number of nitrogens with zero attached hydrogens (tertiary/aromatic N) is 2. The number of fused-ring (bicyclic) bond motifs is 3. The van der Waals surface area contributed by atoms with Crippen LogP contribution in [0.2, 0.25) is 0 Å². The van der Waals surface area contributed by atoms with E-state index in [9.17, 15) is 0 Å². The summed E-state index contributed by atoms with van der Waals surface area (Å²) in [4.78, 5) is 2.32. The summed E-state index contributed by atoms with van der Waals surface area (Å²) >= 11 is 0. The van der Waals surface area contributed by atoms with E-state index < -0.39 is 0 Å². The number of benzene rings is 6. The van der Waals surface area contributed by atoms with E-state index in [1.165, 1.54) is 38.6 Å². The molecule has 0 spiro atoms. The molecule has 0 bridgehead atoms. The molecule has 1 aromatic heterocycles. The SMILES string of the molecule is c1ccc(-c2cc(N(c3ccccc3)c3ccccc3)ccc2-n2c3ccccc3c3ccccc32)cc1. The molecule has 180 valence electrons. The van der Waals surface area contributed by atoms with Crippen LogP contribution in [0.3, 0.4) is 0 Å². The molecule has 0 radical (unpaired) electrons. The van der Waals surface area contributed by atoms with Crippen LogP contribution in [-0.4, -0.2) is 4.57 Å². The second kappa shape index (κ2) is 9.42. The maximum atomic E-state index is 2.41. The molecule has 0 amide bonds. The van der Waals surface area contributed by atoms with E-state index in [1.54, 1.807) is 0 Å². The zero-order valence-corrected chi connectivity index (χ0v) is 20.9. The van der Waals surface area contributed by atoms with Crippen LogP contribution in [0, 0.1) is 0 Å². The van der Waals surface area contributed by atoms with Gasteiger partial charge in [-0.25, -0.2) is 0 Å². The molecule has 0 fully saturated rings. The third-order valence-electron chi connectivity index (χ3n) is 7.17. The van der Waals surface area contributed by atoms with E-state index >= 15 is 0 Å². The van der Waals surface area contributed by atoms with E-state index in [1.807, 2.05) is 0 Å². The van der Waals surface area contributed by atoms with Crippen molar-refractivity contribution in [2.24, 2.45) is 0 Å². The lowest BCUT2D eigenvalue weighted by molar-refractivity contribution is 1.17. The van der Waals surface area contributed by atoms with Crippen LogP contribution in [0.25, 0.3) is 38.6 Å². The number of anilines is 3. The Bertz CT molecular complexity index is 1760. The van der Waals surface area contributed by atoms with Crippen LogP contribution < -0.4 is 4.90 Å². The normalized spacial score (nSPS) is 11.2. The van der Waals surface area contributed by atoms with Gasteiger partial charge < -0.3 is 9.47 Å². The molecule has 2 nitrogen and oxygen atoms in total. The summed E-state index contributed by atoms with van der Waals surface area (Å²) in [5.41, 5.74) is 9.33. The summed E-state index contributed by atoms with van der Waals surface area (Å²) in [5, 5.41) is 2.53. The predicted molar refractivity (Wildman–Crippen MR) is 161 cm³/mol. The van der Waals surface area contributed by atoms with Crippen molar-refractivity contribution in [1.82, 2.24) is 4.57 Å². The molecule has 0 N–H and O–H groups in total. The van der Waals surface area contributed by atoms with Crippen molar-refractivity contribution in [2.45, 2.75) is 0 Å². The van der Waals surface area contributed by atoms with Crippen molar-refractivity contribution in [3.63, 3.8) is 0 Å². The highest BCUT2D eigenvalue weighted by Crippen LogP contribution is 2.41. The van der Waals surface area contributed by atoms with Crippen molar-refractivity contribution in [3.05, 3.63) is 158 Å². The largest absolute Gasteiger partial charge is 0.310 e. The average molecular weight is 487 g/mol. The van der Waals surface area contributed by atoms with E-state index in [0.717, 1.165) is 17.1 Å². The monoisotopic (exact) mass is 486 g/mol. The summed E-state index contributed by atoms with van der Waals surface area (Å²) in [6.07, 6.45) is 0. The molecule has 38 heavy (non-hydrogen) atoms. The van der Waals surface area contributed by atoms with E-state index in [-0.39, 0.29) is 0 Å². The Labute approximate surface area is 222 Å². The van der Waals surface area contributed by atoms with E-state index in [4.69, 9.17) is 0 Å². The van der Waals surface area contributed by atoms with Crippen molar-refractivity contribution in [2.75, 3.05) is 4.90 Å². The first-order chi connectivity index (χ1) is 18.9. The predicted octanol–water partition coefficient (Wildman–Crippen LogP) is 9.92. The number of aromatic nitrogens is 1. The molecule has 7 aromatic rings. The second-order valence-electron chi connectivity index (χ2n) is 9.44. The summed E-state index contributed by atoms with van der Waals surface area (Å²) in [6, 6.07) is 56.1. The third kappa shape index (κ3) is 3.75. The van der Waals surface area contributed by atoms with Gasteiger partial charge in [-0.15, -0.1) is 0 Å². The Morgan fingerprint density at radius 1 is 0.395 bits per heavy atom. The van der Waals surface area contributed by atoms with Gasteiger partial charge in [0.15, 0.2) is 0 Å². The lowest BCUT2D eigenvalue weighted by Gasteiger charge is -2.27. The van der Waals surface area contributed by atoms with Gasteiger partial charge in [0.1, 0.15) is 0 Å². The molecule has 0 aliphatic rings. The van der Waals surface area contributed by atoms with Crippen molar-refractivity contribution < 1.29 is 0 Å². The van der Waals surface area contributed by atoms with Gasteiger partial charge >= 0.3 is 0 Å². The minimum absolute atomic E-state index is 1.12. The zero-order valence-electron chi connectivity index (χ0n) is 20.9. The topological polar surface area (TPSA) is 8.17 Å². The van der Waals surface area contributed by atoms with Crippen LogP contribution in [0.15, 0.2) is 158 Å².